The Labute approximate surface area is 163 Å². The largest absolute Gasteiger partial charge is 0.321 e. The van der Waals surface area contributed by atoms with E-state index in [1.54, 1.807) is 12.1 Å². The van der Waals surface area contributed by atoms with Crippen molar-refractivity contribution in [1.29, 1.82) is 0 Å². The molecule has 144 valence electrons. The molecule has 0 saturated heterocycles. The van der Waals surface area contributed by atoms with E-state index < -0.39 is 17.2 Å². The Hall–Kier alpha value is -3.65. The van der Waals surface area contributed by atoms with Crippen molar-refractivity contribution in [3.8, 4) is 11.1 Å². The van der Waals surface area contributed by atoms with E-state index in [0.717, 1.165) is 11.3 Å². The fourth-order valence-electron chi connectivity index (χ4n) is 3.46. The first kappa shape index (κ1) is 17.4. The molecule has 1 aliphatic rings. The third kappa shape index (κ3) is 3.03. The Morgan fingerprint density at radius 3 is 2.69 bits per heavy atom. The zero-order chi connectivity index (χ0) is 20.0. The monoisotopic (exact) mass is 391 g/mol. The van der Waals surface area contributed by atoms with Crippen LogP contribution in [0.5, 0.6) is 0 Å². The number of halogens is 2. The SMILES string of the molecule is O=c1c2cccnc2ncn1Cc1c(F)cc(-c2ccc3c(c2)NNC3)cc1F. The van der Waals surface area contributed by atoms with Gasteiger partial charge in [0.25, 0.3) is 5.56 Å². The van der Waals surface area contributed by atoms with Crippen LogP contribution in [0.1, 0.15) is 11.1 Å². The standard InChI is InChI=1S/C21H15F2N5O/c22-17-6-14(12-3-4-13-9-26-27-19(13)8-12)7-18(23)16(17)10-28-11-25-20-15(21(28)29)2-1-5-24-20/h1-8,11,26-27H,9-10H2. The molecule has 0 amide bonds. The first-order valence-electron chi connectivity index (χ1n) is 9.00. The first-order chi connectivity index (χ1) is 14.1. The van der Waals surface area contributed by atoms with Crippen molar-refractivity contribution in [2.45, 2.75) is 13.1 Å². The molecule has 0 unspecified atom stereocenters. The summed E-state index contributed by atoms with van der Waals surface area (Å²) in [6.07, 6.45) is 2.78. The van der Waals surface area contributed by atoms with Crippen molar-refractivity contribution in [2.75, 3.05) is 5.43 Å². The average molecular weight is 391 g/mol. The molecule has 8 heteroatoms. The molecule has 0 radical (unpaired) electrons. The predicted molar refractivity (Wildman–Crippen MR) is 105 cm³/mol. The highest BCUT2D eigenvalue weighted by atomic mass is 19.1. The summed E-state index contributed by atoms with van der Waals surface area (Å²) in [5.74, 6) is -1.44. The van der Waals surface area contributed by atoms with Gasteiger partial charge < -0.3 is 5.43 Å². The first-order valence-corrected chi connectivity index (χ1v) is 9.00. The summed E-state index contributed by atoms with van der Waals surface area (Å²) in [6.45, 7) is 0.436. The van der Waals surface area contributed by atoms with Crippen LogP contribution in [0.2, 0.25) is 0 Å². The second kappa shape index (κ2) is 6.75. The van der Waals surface area contributed by atoms with Crippen LogP contribution in [0.3, 0.4) is 0 Å². The molecule has 1 aliphatic heterocycles. The maximum Gasteiger partial charge on any atom is 0.263 e. The molecular weight excluding hydrogens is 376 g/mol. The van der Waals surface area contributed by atoms with Gasteiger partial charge in [0, 0.05) is 18.3 Å². The molecule has 0 atom stereocenters. The molecule has 6 nitrogen and oxygen atoms in total. The number of benzene rings is 2. The Morgan fingerprint density at radius 1 is 1.03 bits per heavy atom. The van der Waals surface area contributed by atoms with E-state index in [0.29, 0.717) is 28.7 Å². The van der Waals surface area contributed by atoms with Crippen LogP contribution >= 0.6 is 0 Å². The van der Waals surface area contributed by atoms with Crippen LogP contribution in [0.4, 0.5) is 14.5 Å². The minimum atomic E-state index is -0.718. The van der Waals surface area contributed by atoms with Gasteiger partial charge in [0.05, 0.1) is 17.6 Å². The van der Waals surface area contributed by atoms with Crippen molar-refractivity contribution in [3.63, 3.8) is 0 Å². The lowest BCUT2D eigenvalue weighted by molar-refractivity contribution is 0.541. The number of anilines is 1. The highest BCUT2D eigenvalue weighted by Gasteiger charge is 2.16. The minimum absolute atomic E-state index is 0.193. The predicted octanol–water partition coefficient (Wildman–Crippen LogP) is 3.22. The Bertz CT molecular complexity index is 1300. The normalized spacial score (nSPS) is 12.8. The maximum atomic E-state index is 14.8. The number of rotatable bonds is 3. The van der Waals surface area contributed by atoms with Gasteiger partial charge in [-0.15, -0.1) is 0 Å². The molecule has 29 heavy (non-hydrogen) atoms. The van der Waals surface area contributed by atoms with Crippen molar-refractivity contribution in [1.82, 2.24) is 20.0 Å². The van der Waals surface area contributed by atoms with E-state index in [-0.39, 0.29) is 12.1 Å². The molecular formula is C21H15F2N5O. The van der Waals surface area contributed by atoms with Crippen LogP contribution in [0.15, 0.2) is 59.8 Å². The fraction of sp³-hybridized carbons (Fsp3) is 0.0952. The van der Waals surface area contributed by atoms with Crippen molar-refractivity contribution in [2.24, 2.45) is 0 Å². The Morgan fingerprint density at radius 2 is 1.86 bits per heavy atom. The van der Waals surface area contributed by atoms with Gasteiger partial charge in [-0.1, -0.05) is 12.1 Å². The molecule has 0 bridgehead atoms. The van der Waals surface area contributed by atoms with E-state index in [1.807, 2.05) is 18.2 Å². The molecule has 0 saturated carbocycles. The van der Waals surface area contributed by atoms with Gasteiger partial charge in [0.2, 0.25) is 0 Å². The number of hydrogen-bond acceptors (Lipinski definition) is 5. The van der Waals surface area contributed by atoms with Crippen molar-refractivity contribution in [3.05, 3.63) is 88.1 Å². The van der Waals surface area contributed by atoms with E-state index in [9.17, 15) is 13.6 Å². The second-order valence-corrected chi connectivity index (χ2v) is 6.82. The number of nitrogens with one attached hydrogen (secondary N) is 2. The summed E-state index contributed by atoms with van der Waals surface area (Å²) < 4.78 is 30.7. The van der Waals surface area contributed by atoms with Crippen molar-refractivity contribution < 1.29 is 8.78 Å². The van der Waals surface area contributed by atoms with Crippen LogP contribution in [0.25, 0.3) is 22.2 Å². The molecule has 3 heterocycles. The van der Waals surface area contributed by atoms with Gasteiger partial charge in [-0.05, 0) is 47.0 Å². The maximum absolute atomic E-state index is 14.8. The molecule has 2 aromatic carbocycles. The lowest BCUT2D eigenvalue weighted by Crippen LogP contribution is -2.22. The van der Waals surface area contributed by atoms with Crippen molar-refractivity contribution >= 4 is 16.7 Å². The molecule has 0 spiro atoms. The molecule has 2 N–H and O–H groups in total. The van der Waals surface area contributed by atoms with Gasteiger partial charge in [-0.25, -0.2) is 24.2 Å². The van der Waals surface area contributed by atoms with Crippen LogP contribution < -0.4 is 16.4 Å². The Kier molecular flexibility index (Phi) is 4.06. The average Bonchev–Trinajstić information content (AvgIpc) is 3.20. The number of fused-ring (bicyclic) bond motifs is 2. The summed E-state index contributed by atoms with van der Waals surface area (Å²) in [6, 6.07) is 11.3. The number of pyridine rings is 1. The highest BCUT2D eigenvalue weighted by Crippen LogP contribution is 2.30. The number of nitrogens with zero attached hydrogens (tertiary/aromatic N) is 3. The second-order valence-electron chi connectivity index (χ2n) is 6.82. The van der Waals surface area contributed by atoms with Gasteiger partial charge >= 0.3 is 0 Å². The highest BCUT2D eigenvalue weighted by molar-refractivity contribution is 5.73. The molecule has 0 aliphatic carbocycles. The minimum Gasteiger partial charge on any atom is -0.321 e. The van der Waals surface area contributed by atoms with E-state index >= 15 is 0 Å². The molecule has 5 rings (SSSR count). The van der Waals surface area contributed by atoms with Gasteiger partial charge in [-0.3, -0.25) is 9.36 Å². The summed E-state index contributed by atoms with van der Waals surface area (Å²) >= 11 is 0. The van der Waals surface area contributed by atoms with E-state index in [2.05, 4.69) is 20.8 Å². The summed E-state index contributed by atoms with van der Waals surface area (Å²) in [4.78, 5) is 20.7. The number of hydrogen-bond donors (Lipinski definition) is 2. The molecule has 4 aromatic rings. The Balaban J connectivity index is 1.52. The molecule has 2 aromatic heterocycles. The number of aromatic nitrogens is 3. The van der Waals surface area contributed by atoms with E-state index in [4.69, 9.17) is 0 Å². The summed E-state index contributed by atoms with van der Waals surface area (Å²) in [5, 5.41) is 0.298. The van der Waals surface area contributed by atoms with Crippen LogP contribution in [0, 0.1) is 11.6 Å². The van der Waals surface area contributed by atoms with Gasteiger partial charge in [0.15, 0.2) is 5.65 Å². The fourth-order valence-corrected chi connectivity index (χ4v) is 3.46. The lowest BCUT2D eigenvalue weighted by atomic mass is 10.0. The third-order valence-electron chi connectivity index (χ3n) is 5.01. The van der Waals surface area contributed by atoms with Crippen LogP contribution in [-0.2, 0) is 13.1 Å². The summed E-state index contributed by atoms with van der Waals surface area (Å²) in [7, 11) is 0. The van der Waals surface area contributed by atoms with E-state index in [1.165, 1.54) is 29.2 Å². The van der Waals surface area contributed by atoms with Crippen LogP contribution in [-0.4, -0.2) is 14.5 Å². The van der Waals surface area contributed by atoms with Gasteiger partial charge in [-0.2, -0.15) is 0 Å². The number of hydrazine groups is 1. The zero-order valence-electron chi connectivity index (χ0n) is 15.1. The smallest absolute Gasteiger partial charge is 0.263 e. The lowest BCUT2D eigenvalue weighted by Gasteiger charge is -2.11. The zero-order valence-corrected chi connectivity index (χ0v) is 15.1. The third-order valence-corrected chi connectivity index (χ3v) is 5.01. The molecule has 0 fully saturated rings. The summed E-state index contributed by atoms with van der Waals surface area (Å²) in [5.41, 5.74) is 8.81. The topological polar surface area (TPSA) is 71.8 Å². The van der Waals surface area contributed by atoms with Gasteiger partial charge in [0.1, 0.15) is 18.0 Å². The quantitative estimate of drug-likeness (QED) is 0.561.